The number of anilines is 1. The van der Waals surface area contributed by atoms with Crippen molar-refractivity contribution in [2.75, 3.05) is 25.1 Å². The number of rotatable bonds is 11. The lowest BCUT2D eigenvalue weighted by Crippen LogP contribution is -2.14. The Bertz CT molecular complexity index is 377. The minimum atomic E-state index is 0.306. The van der Waals surface area contributed by atoms with E-state index in [9.17, 15) is 0 Å². The van der Waals surface area contributed by atoms with Gasteiger partial charge in [-0.25, -0.2) is 0 Å². The third-order valence-corrected chi connectivity index (χ3v) is 3.19. The first kappa shape index (κ1) is 17.5. The third kappa shape index (κ3) is 6.60. The van der Waals surface area contributed by atoms with E-state index in [0.717, 1.165) is 13.0 Å². The second-order valence-corrected chi connectivity index (χ2v) is 4.92. The van der Waals surface area contributed by atoms with Gasteiger partial charge >= 0.3 is 12.0 Å². The number of nitrogens with one attached hydrogen (secondary N) is 1. The molecule has 0 saturated heterocycles. The van der Waals surface area contributed by atoms with Crippen molar-refractivity contribution in [2.24, 2.45) is 5.92 Å². The van der Waals surface area contributed by atoms with E-state index in [4.69, 9.17) is 9.47 Å². The molecule has 0 fully saturated rings. The summed E-state index contributed by atoms with van der Waals surface area (Å²) in [6.45, 7) is 10.2. The Morgan fingerprint density at radius 2 is 1.71 bits per heavy atom. The Labute approximate surface area is 127 Å². The molecule has 0 saturated carbocycles. The average molecular weight is 296 g/mol. The molecule has 21 heavy (non-hydrogen) atoms. The van der Waals surface area contributed by atoms with Crippen molar-refractivity contribution in [2.45, 2.75) is 53.4 Å². The van der Waals surface area contributed by atoms with Gasteiger partial charge in [0.2, 0.25) is 5.95 Å². The minimum Gasteiger partial charge on any atom is -0.464 e. The highest BCUT2D eigenvalue weighted by molar-refractivity contribution is 5.27. The normalized spacial score (nSPS) is 12.0. The number of aromatic nitrogens is 3. The first-order valence-electron chi connectivity index (χ1n) is 7.98. The summed E-state index contributed by atoms with van der Waals surface area (Å²) in [5, 5.41) is 3.06. The zero-order valence-electron chi connectivity index (χ0n) is 13.7. The van der Waals surface area contributed by atoms with Gasteiger partial charge in [0, 0.05) is 6.54 Å². The fourth-order valence-corrected chi connectivity index (χ4v) is 1.92. The highest BCUT2D eigenvalue weighted by Gasteiger charge is 2.11. The van der Waals surface area contributed by atoms with Crippen molar-refractivity contribution < 1.29 is 9.47 Å². The van der Waals surface area contributed by atoms with Crippen LogP contribution in [0.2, 0.25) is 0 Å². The molecule has 1 N–H and O–H groups in total. The summed E-state index contributed by atoms with van der Waals surface area (Å²) in [5.41, 5.74) is 0. The van der Waals surface area contributed by atoms with Crippen LogP contribution in [-0.4, -0.2) is 34.7 Å². The molecule has 120 valence electrons. The molecule has 0 aliphatic heterocycles. The minimum absolute atomic E-state index is 0.306. The molecular formula is C15H28N4O2. The number of ether oxygens (including phenoxy) is 2. The second kappa shape index (κ2) is 10.2. The molecule has 1 heterocycles. The first-order valence-corrected chi connectivity index (χ1v) is 7.98. The van der Waals surface area contributed by atoms with Gasteiger partial charge in [0.05, 0.1) is 13.2 Å². The summed E-state index contributed by atoms with van der Waals surface area (Å²) < 4.78 is 11.1. The van der Waals surface area contributed by atoms with E-state index in [1.807, 2.05) is 13.8 Å². The maximum Gasteiger partial charge on any atom is 0.324 e. The van der Waals surface area contributed by atoms with E-state index in [0.29, 0.717) is 37.1 Å². The predicted molar refractivity (Wildman–Crippen MR) is 84.0 cm³/mol. The Morgan fingerprint density at radius 3 is 2.29 bits per heavy atom. The van der Waals surface area contributed by atoms with E-state index in [2.05, 4.69) is 34.1 Å². The van der Waals surface area contributed by atoms with Crippen molar-refractivity contribution in [3.63, 3.8) is 0 Å². The number of nitrogens with zero attached hydrogens (tertiary/aromatic N) is 3. The molecule has 0 aliphatic rings. The van der Waals surface area contributed by atoms with Crippen molar-refractivity contribution >= 4 is 5.95 Å². The molecule has 6 heteroatoms. The van der Waals surface area contributed by atoms with Gasteiger partial charge in [-0.05, 0) is 26.2 Å². The molecule has 6 nitrogen and oxygen atoms in total. The van der Waals surface area contributed by atoms with Gasteiger partial charge in [0.1, 0.15) is 0 Å². The molecule has 1 aromatic rings. The van der Waals surface area contributed by atoms with Crippen LogP contribution < -0.4 is 14.8 Å². The van der Waals surface area contributed by atoms with Crippen molar-refractivity contribution in [1.82, 2.24) is 15.0 Å². The molecule has 0 aromatic carbocycles. The van der Waals surface area contributed by atoms with Gasteiger partial charge < -0.3 is 14.8 Å². The third-order valence-electron chi connectivity index (χ3n) is 3.19. The Morgan fingerprint density at radius 1 is 1.00 bits per heavy atom. The zero-order valence-corrected chi connectivity index (χ0v) is 13.7. The van der Waals surface area contributed by atoms with Gasteiger partial charge in [0.15, 0.2) is 0 Å². The SMILES string of the molecule is CCCCC(CC)COc1nc(NCC)nc(OCC)n1. The predicted octanol–water partition coefficient (Wildman–Crippen LogP) is 3.30. The molecule has 0 spiro atoms. The summed E-state index contributed by atoms with van der Waals surface area (Å²) in [6.07, 6.45) is 4.72. The molecule has 1 unspecified atom stereocenters. The van der Waals surface area contributed by atoms with Crippen LogP contribution >= 0.6 is 0 Å². The lowest BCUT2D eigenvalue weighted by molar-refractivity contribution is 0.212. The summed E-state index contributed by atoms with van der Waals surface area (Å²) in [5.74, 6) is 1.03. The van der Waals surface area contributed by atoms with Crippen LogP contribution in [0, 0.1) is 5.92 Å². The quantitative estimate of drug-likeness (QED) is 0.675. The second-order valence-electron chi connectivity index (χ2n) is 4.92. The molecule has 1 aromatic heterocycles. The lowest BCUT2D eigenvalue weighted by atomic mass is 10.0. The fraction of sp³-hybridized carbons (Fsp3) is 0.800. The lowest BCUT2D eigenvalue weighted by Gasteiger charge is -2.15. The Balaban J connectivity index is 2.66. The van der Waals surface area contributed by atoms with Crippen LogP contribution in [0.25, 0.3) is 0 Å². The van der Waals surface area contributed by atoms with Gasteiger partial charge in [0.25, 0.3) is 0 Å². The molecule has 0 bridgehead atoms. The molecule has 0 amide bonds. The summed E-state index contributed by atoms with van der Waals surface area (Å²) in [4.78, 5) is 12.6. The average Bonchev–Trinajstić information content (AvgIpc) is 2.48. The maximum absolute atomic E-state index is 5.75. The standard InChI is InChI=1S/C15H28N4O2/c1-5-9-10-12(6-2)11-21-15-18-13(16-7-3)17-14(19-15)20-8-4/h12H,5-11H2,1-4H3,(H,16,17,18,19). The molecule has 0 radical (unpaired) electrons. The number of unbranched alkanes of at least 4 members (excludes halogenated alkanes) is 1. The zero-order chi connectivity index (χ0) is 15.5. The summed E-state index contributed by atoms with van der Waals surface area (Å²) >= 11 is 0. The van der Waals surface area contributed by atoms with Crippen molar-refractivity contribution in [3.8, 4) is 12.0 Å². The van der Waals surface area contributed by atoms with E-state index >= 15 is 0 Å². The molecule has 1 atom stereocenters. The van der Waals surface area contributed by atoms with Crippen molar-refractivity contribution in [3.05, 3.63) is 0 Å². The van der Waals surface area contributed by atoms with Gasteiger partial charge in [-0.2, -0.15) is 9.97 Å². The van der Waals surface area contributed by atoms with Crippen LogP contribution in [0.5, 0.6) is 12.0 Å². The van der Waals surface area contributed by atoms with E-state index in [1.165, 1.54) is 19.3 Å². The van der Waals surface area contributed by atoms with Gasteiger partial charge in [-0.15, -0.1) is 4.98 Å². The molecule has 0 aliphatic carbocycles. The fourth-order valence-electron chi connectivity index (χ4n) is 1.92. The van der Waals surface area contributed by atoms with Crippen LogP contribution in [0.3, 0.4) is 0 Å². The summed E-state index contributed by atoms with van der Waals surface area (Å²) in [6, 6.07) is 0.638. The van der Waals surface area contributed by atoms with Crippen LogP contribution in [0.1, 0.15) is 53.4 Å². The van der Waals surface area contributed by atoms with E-state index in [-0.39, 0.29) is 0 Å². The maximum atomic E-state index is 5.75. The summed E-state index contributed by atoms with van der Waals surface area (Å²) in [7, 11) is 0. The topological polar surface area (TPSA) is 69.2 Å². The Hall–Kier alpha value is -1.59. The van der Waals surface area contributed by atoms with E-state index < -0.39 is 0 Å². The van der Waals surface area contributed by atoms with Gasteiger partial charge in [-0.3, -0.25) is 0 Å². The van der Waals surface area contributed by atoms with Crippen LogP contribution in [0.15, 0.2) is 0 Å². The van der Waals surface area contributed by atoms with Crippen LogP contribution in [0.4, 0.5) is 5.95 Å². The van der Waals surface area contributed by atoms with E-state index in [1.54, 1.807) is 0 Å². The van der Waals surface area contributed by atoms with Crippen LogP contribution in [-0.2, 0) is 0 Å². The number of hydrogen-bond acceptors (Lipinski definition) is 6. The monoisotopic (exact) mass is 296 g/mol. The Kier molecular flexibility index (Phi) is 8.47. The highest BCUT2D eigenvalue weighted by Crippen LogP contribution is 2.17. The largest absolute Gasteiger partial charge is 0.464 e. The van der Waals surface area contributed by atoms with Crippen molar-refractivity contribution in [1.29, 1.82) is 0 Å². The highest BCUT2D eigenvalue weighted by atomic mass is 16.5. The molecular weight excluding hydrogens is 268 g/mol. The number of hydrogen-bond donors (Lipinski definition) is 1. The first-order chi connectivity index (χ1) is 10.2. The van der Waals surface area contributed by atoms with Gasteiger partial charge in [-0.1, -0.05) is 33.1 Å². The smallest absolute Gasteiger partial charge is 0.324 e. The molecule has 1 rings (SSSR count).